The van der Waals surface area contributed by atoms with Gasteiger partial charge in [0.15, 0.2) is 0 Å². The Balaban J connectivity index is 2.06. The molecule has 1 unspecified atom stereocenters. The molecule has 18 heavy (non-hydrogen) atoms. The molecule has 0 spiro atoms. The minimum absolute atomic E-state index is 0.494. The lowest BCUT2D eigenvalue weighted by Crippen LogP contribution is -2.28. The summed E-state index contributed by atoms with van der Waals surface area (Å²) in [4.78, 5) is 15.2. The molecule has 1 atom stereocenters. The van der Waals surface area contributed by atoms with Gasteiger partial charge < -0.3 is 5.11 Å². The van der Waals surface area contributed by atoms with Gasteiger partial charge in [0.25, 0.3) is 0 Å². The minimum Gasteiger partial charge on any atom is -0.480 e. The van der Waals surface area contributed by atoms with Crippen molar-refractivity contribution < 1.29 is 9.90 Å². The molecule has 0 amide bonds. The Morgan fingerprint density at radius 2 is 1.83 bits per heavy atom. The van der Waals surface area contributed by atoms with Crippen LogP contribution >= 0.6 is 0 Å². The van der Waals surface area contributed by atoms with Crippen molar-refractivity contribution in [1.82, 2.24) is 10.3 Å². The lowest BCUT2D eigenvalue weighted by atomic mass is 10.1. The highest BCUT2D eigenvalue weighted by atomic mass is 16.4. The summed E-state index contributed by atoms with van der Waals surface area (Å²) in [6, 6.07) is 12.2. The number of nitrogens with one attached hydrogen (secondary N) is 1. The third-order valence-electron chi connectivity index (χ3n) is 2.64. The van der Waals surface area contributed by atoms with Crippen LogP contribution in [0.1, 0.15) is 17.2 Å². The van der Waals surface area contributed by atoms with E-state index in [9.17, 15) is 9.90 Å². The summed E-state index contributed by atoms with van der Waals surface area (Å²) in [5.74, 6) is -0.879. The number of aliphatic carboxylic acids is 1. The number of nitrogens with zero attached hydrogens (tertiary/aromatic N) is 1. The monoisotopic (exact) mass is 242 g/mol. The van der Waals surface area contributed by atoms with Crippen LogP contribution in [0.3, 0.4) is 0 Å². The summed E-state index contributed by atoms with van der Waals surface area (Å²) in [7, 11) is 0. The van der Waals surface area contributed by atoms with Crippen molar-refractivity contribution in [3.63, 3.8) is 0 Å². The first-order valence-electron chi connectivity index (χ1n) is 5.67. The van der Waals surface area contributed by atoms with E-state index in [1.165, 1.54) is 0 Å². The zero-order chi connectivity index (χ0) is 12.8. The van der Waals surface area contributed by atoms with Crippen LogP contribution in [0.2, 0.25) is 0 Å². The molecule has 0 aliphatic heterocycles. The highest BCUT2D eigenvalue weighted by Crippen LogP contribution is 2.13. The second-order valence-corrected chi connectivity index (χ2v) is 3.92. The second-order valence-electron chi connectivity index (χ2n) is 3.92. The fourth-order valence-electron chi connectivity index (χ4n) is 1.71. The van der Waals surface area contributed by atoms with Gasteiger partial charge >= 0.3 is 5.97 Å². The van der Waals surface area contributed by atoms with E-state index in [0.717, 1.165) is 11.1 Å². The van der Waals surface area contributed by atoms with Gasteiger partial charge in [0, 0.05) is 18.9 Å². The van der Waals surface area contributed by atoms with Gasteiger partial charge in [-0.1, -0.05) is 30.3 Å². The Morgan fingerprint density at radius 1 is 1.17 bits per heavy atom. The van der Waals surface area contributed by atoms with E-state index in [0.29, 0.717) is 6.54 Å². The number of pyridine rings is 1. The van der Waals surface area contributed by atoms with E-state index in [1.54, 1.807) is 24.5 Å². The van der Waals surface area contributed by atoms with Crippen LogP contribution in [0.15, 0.2) is 54.9 Å². The molecule has 92 valence electrons. The van der Waals surface area contributed by atoms with Crippen LogP contribution in [0.25, 0.3) is 0 Å². The molecule has 4 heteroatoms. The van der Waals surface area contributed by atoms with Gasteiger partial charge in [-0.2, -0.15) is 0 Å². The average Bonchev–Trinajstić information content (AvgIpc) is 2.41. The first kappa shape index (κ1) is 12.3. The Bertz CT molecular complexity index is 500. The molecule has 2 N–H and O–H groups in total. The van der Waals surface area contributed by atoms with Gasteiger partial charge in [0.2, 0.25) is 0 Å². The van der Waals surface area contributed by atoms with Crippen LogP contribution in [0, 0.1) is 0 Å². The molecular formula is C14H14N2O2. The molecule has 1 heterocycles. The number of carboxylic acid groups (broad SMARTS) is 1. The maximum absolute atomic E-state index is 11.2. The predicted octanol–water partition coefficient (Wildman–Crippen LogP) is 2.00. The summed E-state index contributed by atoms with van der Waals surface area (Å²) in [5.41, 5.74) is 1.76. The smallest absolute Gasteiger partial charge is 0.325 e. The molecule has 1 aromatic heterocycles. The fourth-order valence-corrected chi connectivity index (χ4v) is 1.71. The van der Waals surface area contributed by atoms with E-state index in [-0.39, 0.29) is 0 Å². The Labute approximate surface area is 105 Å². The molecule has 0 saturated carbocycles. The number of carbonyl (C=O) groups is 1. The van der Waals surface area contributed by atoms with Crippen molar-refractivity contribution in [2.75, 3.05) is 0 Å². The lowest BCUT2D eigenvalue weighted by Gasteiger charge is -2.14. The van der Waals surface area contributed by atoms with Crippen molar-refractivity contribution in [3.8, 4) is 0 Å². The molecule has 4 nitrogen and oxygen atoms in total. The summed E-state index contributed by atoms with van der Waals surface area (Å²) in [5, 5.41) is 12.3. The van der Waals surface area contributed by atoms with Crippen molar-refractivity contribution in [2.24, 2.45) is 0 Å². The summed E-state index contributed by atoms with van der Waals surface area (Å²) in [6.07, 6.45) is 3.38. The Kier molecular flexibility index (Phi) is 4.04. The van der Waals surface area contributed by atoms with Crippen LogP contribution in [0.5, 0.6) is 0 Å². The number of carboxylic acids is 1. The highest BCUT2D eigenvalue weighted by Gasteiger charge is 2.18. The minimum atomic E-state index is -0.879. The molecule has 0 bridgehead atoms. The fraction of sp³-hybridized carbons (Fsp3) is 0.143. The first-order chi connectivity index (χ1) is 8.77. The molecule has 0 radical (unpaired) electrons. The van der Waals surface area contributed by atoms with Gasteiger partial charge in [-0.3, -0.25) is 15.1 Å². The van der Waals surface area contributed by atoms with Gasteiger partial charge in [-0.15, -0.1) is 0 Å². The first-order valence-corrected chi connectivity index (χ1v) is 5.67. The van der Waals surface area contributed by atoms with Crippen molar-refractivity contribution >= 4 is 5.97 Å². The maximum atomic E-state index is 11.2. The predicted molar refractivity (Wildman–Crippen MR) is 67.9 cm³/mol. The number of rotatable bonds is 5. The number of hydrogen-bond donors (Lipinski definition) is 2. The highest BCUT2D eigenvalue weighted by molar-refractivity contribution is 5.75. The third kappa shape index (κ3) is 3.15. The van der Waals surface area contributed by atoms with E-state index in [4.69, 9.17) is 0 Å². The third-order valence-corrected chi connectivity index (χ3v) is 2.64. The van der Waals surface area contributed by atoms with Gasteiger partial charge in [-0.05, 0) is 23.3 Å². The number of hydrogen-bond acceptors (Lipinski definition) is 3. The molecule has 2 rings (SSSR count). The molecule has 0 fully saturated rings. The van der Waals surface area contributed by atoms with Gasteiger partial charge in [-0.25, -0.2) is 0 Å². The maximum Gasteiger partial charge on any atom is 0.325 e. The Hall–Kier alpha value is -2.20. The Morgan fingerprint density at radius 3 is 2.44 bits per heavy atom. The van der Waals surface area contributed by atoms with Crippen LogP contribution in [-0.2, 0) is 11.3 Å². The van der Waals surface area contributed by atoms with Crippen molar-refractivity contribution in [3.05, 3.63) is 66.0 Å². The van der Waals surface area contributed by atoms with Crippen molar-refractivity contribution in [2.45, 2.75) is 12.6 Å². The SMILES string of the molecule is O=C(O)C(NCc1ccncc1)c1ccccc1. The molecule has 1 aromatic carbocycles. The standard InChI is InChI=1S/C14H14N2O2/c17-14(18)13(12-4-2-1-3-5-12)16-10-11-6-8-15-9-7-11/h1-9,13,16H,10H2,(H,17,18). The van der Waals surface area contributed by atoms with Crippen LogP contribution < -0.4 is 5.32 Å². The molecule has 0 aliphatic rings. The molecule has 0 aliphatic carbocycles. The van der Waals surface area contributed by atoms with Crippen molar-refractivity contribution in [1.29, 1.82) is 0 Å². The van der Waals surface area contributed by atoms with Gasteiger partial charge in [0.05, 0.1) is 0 Å². The van der Waals surface area contributed by atoms with E-state index in [2.05, 4.69) is 10.3 Å². The molecule has 0 saturated heterocycles. The zero-order valence-electron chi connectivity index (χ0n) is 9.78. The van der Waals surface area contributed by atoms with Crippen LogP contribution in [0.4, 0.5) is 0 Å². The molecular weight excluding hydrogens is 228 g/mol. The van der Waals surface area contributed by atoms with E-state index >= 15 is 0 Å². The summed E-state index contributed by atoms with van der Waals surface area (Å²) < 4.78 is 0. The zero-order valence-corrected chi connectivity index (χ0v) is 9.78. The number of benzene rings is 1. The van der Waals surface area contributed by atoms with E-state index in [1.807, 2.05) is 30.3 Å². The van der Waals surface area contributed by atoms with Gasteiger partial charge in [0.1, 0.15) is 6.04 Å². The van der Waals surface area contributed by atoms with E-state index < -0.39 is 12.0 Å². The summed E-state index contributed by atoms with van der Waals surface area (Å²) in [6.45, 7) is 0.494. The molecule has 2 aromatic rings. The summed E-state index contributed by atoms with van der Waals surface area (Å²) >= 11 is 0. The number of aromatic nitrogens is 1. The normalized spacial score (nSPS) is 12.0. The van der Waals surface area contributed by atoms with Crippen LogP contribution in [-0.4, -0.2) is 16.1 Å². The topological polar surface area (TPSA) is 62.2 Å². The average molecular weight is 242 g/mol. The lowest BCUT2D eigenvalue weighted by molar-refractivity contribution is -0.139. The second kappa shape index (κ2) is 5.93. The largest absolute Gasteiger partial charge is 0.480 e. The quantitative estimate of drug-likeness (QED) is 0.841.